The van der Waals surface area contributed by atoms with Crippen molar-refractivity contribution in [3.8, 4) is 0 Å². The van der Waals surface area contributed by atoms with Crippen molar-refractivity contribution in [2.75, 3.05) is 0 Å². The van der Waals surface area contributed by atoms with E-state index >= 15 is 0 Å². The van der Waals surface area contributed by atoms with Crippen LogP contribution in [-0.4, -0.2) is 12.5 Å². The van der Waals surface area contributed by atoms with Gasteiger partial charge >= 0.3 is 7.48 Å². The van der Waals surface area contributed by atoms with Gasteiger partial charge in [-0.1, -0.05) is 21.9 Å². The number of hydrogen-bond donors (Lipinski definition) is 1. The molecule has 0 saturated carbocycles. The molecule has 0 aromatic heterocycles. The monoisotopic (exact) mass is 133 g/mol. The van der Waals surface area contributed by atoms with Gasteiger partial charge in [0.2, 0.25) is 0 Å². The lowest BCUT2D eigenvalue weighted by Crippen LogP contribution is -1.72. The zero-order valence-electron chi connectivity index (χ0n) is 2.56. The van der Waals surface area contributed by atoms with Crippen molar-refractivity contribution in [2.45, 2.75) is 0 Å². The van der Waals surface area contributed by atoms with E-state index in [1.54, 1.807) is 4.99 Å². The van der Waals surface area contributed by atoms with Crippen LogP contribution < -0.4 is 0 Å². The Kier molecular flexibility index (Phi) is 4.45. The molecular formula is C2H3BBrO. The van der Waals surface area contributed by atoms with E-state index in [2.05, 4.69) is 15.9 Å². The molecule has 0 unspecified atom stereocenters. The summed E-state index contributed by atoms with van der Waals surface area (Å²) in [4.78, 5) is 1.56. The molecule has 1 radical (unpaired) electrons. The lowest BCUT2D eigenvalue weighted by Gasteiger charge is -1.59. The molecule has 0 rings (SSSR count). The summed E-state index contributed by atoms with van der Waals surface area (Å²) in [6, 6.07) is 0. The number of halogens is 1. The van der Waals surface area contributed by atoms with Crippen LogP contribution in [0.5, 0.6) is 0 Å². The summed E-state index contributed by atoms with van der Waals surface area (Å²) < 4.78 is 0. The highest BCUT2D eigenvalue weighted by Crippen LogP contribution is 1.76. The molecule has 0 aliphatic rings. The molecule has 0 amide bonds. The Hall–Kier alpha value is 0.245. The van der Waals surface area contributed by atoms with Gasteiger partial charge in [-0.15, -0.1) is 0 Å². The van der Waals surface area contributed by atoms with E-state index in [9.17, 15) is 0 Å². The second kappa shape index (κ2) is 4.24. The first kappa shape index (κ1) is 5.24. The quantitative estimate of drug-likeness (QED) is 0.516. The summed E-state index contributed by atoms with van der Waals surface area (Å²) >= 11 is 2.94. The summed E-state index contributed by atoms with van der Waals surface area (Å²) in [5.41, 5.74) is 0. The summed E-state index contributed by atoms with van der Waals surface area (Å²) in [5, 5.41) is 7.82. The number of hydrogen-bond acceptors (Lipinski definition) is 1. The third-order valence-corrected chi connectivity index (χ3v) is 0.464. The molecule has 0 atom stereocenters. The molecule has 1 N–H and O–H groups in total. The smallest absolute Gasteiger partial charge is 0.319 e. The van der Waals surface area contributed by atoms with Gasteiger partial charge < -0.3 is 5.02 Å². The third kappa shape index (κ3) is 4.24. The largest absolute Gasteiger partial charge is 0.450 e. The molecule has 0 spiro atoms. The van der Waals surface area contributed by atoms with Gasteiger partial charge in [0.15, 0.2) is 0 Å². The van der Waals surface area contributed by atoms with Crippen LogP contribution in [0.2, 0.25) is 0 Å². The molecule has 0 bridgehead atoms. The van der Waals surface area contributed by atoms with E-state index in [0.717, 1.165) is 7.48 Å². The standard InChI is InChI=1S/C2H3BBrO/c4-2-1-3-5/h1-2,5H/b2-1+. The molecule has 0 aliphatic carbocycles. The van der Waals surface area contributed by atoms with Gasteiger partial charge in [-0.05, 0) is 4.99 Å². The fraction of sp³-hybridized carbons (Fsp3) is 0. The minimum Gasteiger partial charge on any atom is -0.450 e. The van der Waals surface area contributed by atoms with E-state index < -0.39 is 0 Å². The highest BCUT2D eigenvalue weighted by atomic mass is 79.9. The summed E-state index contributed by atoms with van der Waals surface area (Å²) in [6.07, 6.45) is 0. The van der Waals surface area contributed by atoms with E-state index in [-0.39, 0.29) is 0 Å². The molecule has 3 heteroatoms. The van der Waals surface area contributed by atoms with Crippen LogP contribution in [0.25, 0.3) is 0 Å². The predicted molar refractivity (Wildman–Crippen MR) is 26.0 cm³/mol. The topological polar surface area (TPSA) is 20.2 Å². The predicted octanol–water partition coefficient (Wildman–Crippen LogP) is 0.464. The maximum atomic E-state index is 7.82. The normalized spacial score (nSPS) is 9.20. The first-order valence-corrected chi connectivity index (χ1v) is 2.06. The fourth-order valence-corrected chi connectivity index (χ4v) is 0.169. The molecule has 0 aromatic carbocycles. The molecule has 0 heterocycles. The SMILES string of the molecule is O[B]/C=C/Br. The van der Waals surface area contributed by atoms with Gasteiger partial charge in [-0.2, -0.15) is 0 Å². The maximum absolute atomic E-state index is 7.82. The van der Waals surface area contributed by atoms with Crippen LogP contribution in [0.1, 0.15) is 0 Å². The van der Waals surface area contributed by atoms with Crippen LogP contribution in [-0.2, 0) is 0 Å². The Morgan fingerprint density at radius 2 is 2.40 bits per heavy atom. The second-order valence-corrected chi connectivity index (χ2v) is 0.996. The van der Waals surface area contributed by atoms with Gasteiger partial charge in [0.1, 0.15) is 0 Å². The second-order valence-electron chi connectivity index (χ2n) is 0.468. The van der Waals surface area contributed by atoms with Crippen LogP contribution in [0, 0.1) is 0 Å². The van der Waals surface area contributed by atoms with Gasteiger partial charge in [0, 0.05) is 0 Å². The minimum absolute atomic E-state index is 0.953. The molecule has 5 heavy (non-hydrogen) atoms. The molecule has 1 nitrogen and oxygen atoms in total. The fourth-order valence-electron chi connectivity index (χ4n) is 0.0325. The zero-order valence-corrected chi connectivity index (χ0v) is 4.14. The Morgan fingerprint density at radius 3 is 2.40 bits per heavy atom. The highest BCUT2D eigenvalue weighted by Gasteiger charge is 1.62. The van der Waals surface area contributed by atoms with Gasteiger partial charge in [0.25, 0.3) is 0 Å². The van der Waals surface area contributed by atoms with Crippen molar-refractivity contribution >= 4 is 23.4 Å². The van der Waals surface area contributed by atoms with Gasteiger partial charge in [-0.3, -0.25) is 0 Å². The first-order valence-electron chi connectivity index (χ1n) is 1.14. The average molecular weight is 134 g/mol. The Labute approximate surface area is 40.1 Å². The summed E-state index contributed by atoms with van der Waals surface area (Å²) in [7, 11) is 0.953. The van der Waals surface area contributed by atoms with Crippen LogP contribution >= 0.6 is 15.9 Å². The average Bonchev–Trinajstić information content (AvgIpc) is 1.41. The highest BCUT2D eigenvalue weighted by molar-refractivity contribution is 9.11. The van der Waals surface area contributed by atoms with Crippen molar-refractivity contribution in [3.05, 3.63) is 11.0 Å². The maximum Gasteiger partial charge on any atom is 0.319 e. The molecular weight excluding hydrogens is 131 g/mol. The molecule has 0 saturated heterocycles. The van der Waals surface area contributed by atoms with Crippen molar-refractivity contribution < 1.29 is 5.02 Å². The van der Waals surface area contributed by atoms with E-state index in [0.29, 0.717) is 0 Å². The minimum atomic E-state index is 0.953. The van der Waals surface area contributed by atoms with Crippen molar-refractivity contribution in [1.82, 2.24) is 0 Å². The van der Waals surface area contributed by atoms with Crippen LogP contribution in [0.3, 0.4) is 0 Å². The van der Waals surface area contributed by atoms with Crippen molar-refractivity contribution in [2.24, 2.45) is 0 Å². The molecule has 0 fully saturated rings. The van der Waals surface area contributed by atoms with E-state index in [1.807, 2.05) is 0 Å². The van der Waals surface area contributed by atoms with Crippen molar-refractivity contribution in [1.29, 1.82) is 0 Å². The summed E-state index contributed by atoms with van der Waals surface area (Å²) in [6.45, 7) is 0. The van der Waals surface area contributed by atoms with Gasteiger partial charge in [-0.25, -0.2) is 0 Å². The third-order valence-electron chi connectivity index (χ3n) is 0.159. The van der Waals surface area contributed by atoms with Crippen LogP contribution in [0.15, 0.2) is 11.0 Å². The Balaban J connectivity index is 2.62. The van der Waals surface area contributed by atoms with Gasteiger partial charge in [0.05, 0.1) is 0 Å². The van der Waals surface area contributed by atoms with E-state index in [4.69, 9.17) is 5.02 Å². The lowest BCUT2D eigenvalue weighted by atomic mass is 10.1. The zero-order chi connectivity index (χ0) is 4.12. The first-order chi connectivity index (χ1) is 2.41. The number of rotatable bonds is 1. The Bertz CT molecular complexity index is 36.6. The Morgan fingerprint density at radius 1 is 1.80 bits per heavy atom. The molecule has 0 aliphatic heterocycles. The molecule has 27 valence electrons. The lowest BCUT2D eigenvalue weighted by molar-refractivity contribution is 0.614. The van der Waals surface area contributed by atoms with Crippen LogP contribution in [0.4, 0.5) is 0 Å². The van der Waals surface area contributed by atoms with E-state index in [1.165, 1.54) is 5.98 Å². The van der Waals surface area contributed by atoms with Crippen molar-refractivity contribution in [3.63, 3.8) is 0 Å². The molecule has 0 aromatic rings. The summed E-state index contributed by atoms with van der Waals surface area (Å²) in [5.74, 6) is 1.47.